The van der Waals surface area contributed by atoms with Crippen molar-refractivity contribution in [1.82, 2.24) is 5.32 Å². The van der Waals surface area contributed by atoms with Crippen LogP contribution in [0.3, 0.4) is 0 Å². The molecule has 0 aliphatic carbocycles. The lowest BCUT2D eigenvalue weighted by molar-refractivity contribution is -0.123. The Labute approximate surface area is 423 Å². The molecule has 4 nitrogen and oxygen atoms in total. The van der Waals surface area contributed by atoms with Crippen LogP contribution in [0.4, 0.5) is 0 Å². The zero-order chi connectivity index (χ0) is 48.5. The molecule has 0 spiro atoms. The Bertz CT molecular complexity index is 894. The first-order valence-electron chi connectivity index (χ1n) is 31.7. The third-order valence-corrected chi connectivity index (χ3v) is 15.4. The molecule has 0 fully saturated rings. The molecule has 0 rings (SSSR count). The fourth-order valence-corrected chi connectivity index (χ4v) is 10.5. The number of amides is 1. The van der Waals surface area contributed by atoms with E-state index in [9.17, 15) is 15.0 Å². The quantitative estimate of drug-likeness (QED) is 0.0532. The fraction of sp³-hybridized carbons (Fsp3) is 0.984. The van der Waals surface area contributed by atoms with Crippen molar-refractivity contribution in [3.63, 3.8) is 0 Å². The average Bonchev–Trinajstić information content (AvgIpc) is 3.33. The number of nitrogens with one attached hydrogen (secondary N) is 1. The van der Waals surface area contributed by atoms with Crippen molar-refractivity contribution in [2.24, 2.45) is 0 Å². The van der Waals surface area contributed by atoms with E-state index in [4.69, 9.17) is 0 Å². The lowest BCUT2D eigenvalue weighted by Crippen LogP contribution is -2.45. The van der Waals surface area contributed by atoms with Crippen LogP contribution in [0.15, 0.2) is 0 Å². The number of aliphatic hydroxyl groups excluding tert-OH is 2. The summed E-state index contributed by atoms with van der Waals surface area (Å²) < 4.78 is 0. The second kappa shape index (κ2) is 59.7. The van der Waals surface area contributed by atoms with Gasteiger partial charge in [-0.05, 0) is 12.8 Å². The number of aliphatic hydroxyl groups is 2. The molecular weight excluding hydrogens is 819 g/mol. The molecular formula is C63H127NO3. The summed E-state index contributed by atoms with van der Waals surface area (Å²) in [6.45, 7) is 4.42. The molecule has 0 heterocycles. The summed E-state index contributed by atoms with van der Waals surface area (Å²) in [5.41, 5.74) is 0. The van der Waals surface area contributed by atoms with Crippen LogP contribution >= 0.6 is 0 Å². The highest BCUT2D eigenvalue weighted by molar-refractivity contribution is 5.76. The number of carbonyl (C=O) groups excluding carboxylic acids is 1. The Morgan fingerprint density at radius 2 is 0.478 bits per heavy atom. The minimum Gasteiger partial charge on any atom is -0.394 e. The predicted molar refractivity (Wildman–Crippen MR) is 300 cm³/mol. The molecule has 0 aromatic rings. The molecule has 4 heteroatoms. The van der Waals surface area contributed by atoms with Crippen LogP contribution in [-0.2, 0) is 4.79 Å². The molecule has 2 unspecified atom stereocenters. The number of hydrogen-bond donors (Lipinski definition) is 3. The third kappa shape index (κ3) is 56.2. The summed E-state index contributed by atoms with van der Waals surface area (Å²) in [4.78, 5) is 12.5. The third-order valence-electron chi connectivity index (χ3n) is 15.4. The van der Waals surface area contributed by atoms with E-state index in [-0.39, 0.29) is 12.5 Å². The first-order chi connectivity index (χ1) is 33.2. The van der Waals surface area contributed by atoms with Crippen molar-refractivity contribution >= 4 is 5.91 Å². The van der Waals surface area contributed by atoms with Crippen molar-refractivity contribution in [3.05, 3.63) is 0 Å². The van der Waals surface area contributed by atoms with E-state index in [2.05, 4.69) is 19.2 Å². The molecule has 0 saturated heterocycles. The van der Waals surface area contributed by atoms with Crippen LogP contribution in [0.2, 0.25) is 0 Å². The lowest BCUT2D eigenvalue weighted by atomic mass is 10.0. The first-order valence-corrected chi connectivity index (χ1v) is 31.7. The smallest absolute Gasteiger partial charge is 0.220 e. The van der Waals surface area contributed by atoms with Gasteiger partial charge in [-0.2, -0.15) is 0 Å². The van der Waals surface area contributed by atoms with Crippen LogP contribution in [0.25, 0.3) is 0 Å². The second-order valence-corrected chi connectivity index (χ2v) is 22.2. The SMILES string of the molecule is CCCCCCCCCCCCCCCCCCCCCCCCCCCCCCCCC(O)C(CO)NC(=O)CCCCCCCCCCCCCCCCCCCCCCCCCCC. The van der Waals surface area contributed by atoms with Crippen LogP contribution in [0, 0.1) is 0 Å². The van der Waals surface area contributed by atoms with Gasteiger partial charge < -0.3 is 15.5 Å². The standard InChI is InChI=1S/C63H127NO3/c1-3-5-7-9-11-13-15-17-19-21-23-25-27-29-30-31-32-33-35-36-38-40-42-44-46-48-50-52-54-56-58-62(66)61(60-65)64-63(67)59-57-55-53-51-49-47-45-43-41-39-37-34-28-26-24-22-20-18-16-14-12-10-8-6-4-2/h61-62,65-66H,3-60H2,1-2H3,(H,64,67). The first kappa shape index (κ1) is 66.4. The van der Waals surface area contributed by atoms with Crippen molar-refractivity contribution in [2.45, 2.75) is 392 Å². The summed E-state index contributed by atoms with van der Waals surface area (Å²) in [6, 6.07) is -0.532. The highest BCUT2D eigenvalue weighted by atomic mass is 16.3. The van der Waals surface area contributed by atoms with E-state index in [1.807, 2.05) is 0 Å². The molecule has 0 bridgehead atoms. The van der Waals surface area contributed by atoms with Crippen LogP contribution < -0.4 is 5.32 Å². The largest absolute Gasteiger partial charge is 0.394 e. The number of rotatable bonds is 60. The van der Waals surface area contributed by atoms with E-state index in [0.717, 1.165) is 25.7 Å². The molecule has 0 aliphatic rings. The van der Waals surface area contributed by atoms with Crippen molar-refractivity contribution in [2.75, 3.05) is 6.61 Å². The molecule has 67 heavy (non-hydrogen) atoms. The summed E-state index contributed by atoms with van der Waals surface area (Å²) in [5.74, 6) is -0.0204. The summed E-state index contributed by atoms with van der Waals surface area (Å²) >= 11 is 0. The minimum atomic E-state index is -0.656. The molecule has 0 aromatic heterocycles. The number of carbonyl (C=O) groups is 1. The van der Waals surface area contributed by atoms with E-state index in [0.29, 0.717) is 12.8 Å². The summed E-state index contributed by atoms with van der Waals surface area (Å²) in [5, 5.41) is 23.4. The van der Waals surface area contributed by atoms with Crippen molar-refractivity contribution in [3.8, 4) is 0 Å². The fourth-order valence-electron chi connectivity index (χ4n) is 10.5. The Kier molecular flexibility index (Phi) is 59.2. The topological polar surface area (TPSA) is 69.6 Å². The van der Waals surface area contributed by atoms with Gasteiger partial charge in [0.1, 0.15) is 0 Å². The van der Waals surface area contributed by atoms with Crippen LogP contribution in [0.5, 0.6) is 0 Å². The summed E-state index contributed by atoms with van der Waals surface area (Å²) in [6.07, 6.45) is 77.0. The number of hydrogen-bond acceptors (Lipinski definition) is 3. The van der Waals surface area contributed by atoms with E-state index >= 15 is 0 Å². The van der Waals surface area contributed by atoms with Gasteiger partial charge in [0, 0.05) is 6.42 Å². The lowest BCUT2D eigenvalue weighted by Gasteiger charge is -2.22. The maximum absolute atomic E-state index is 12.5. The van der Waals surface area contributed by atoms with Crippen LogP contribution in [0.1, 0.15) is 380 Å². The van der Waals surface area contributed by atoms with E-state index in [1.165, 1.54) is 327 Å². The normalized spacial score (nSPS) is 12.6. The van der Waals surface area contributed by atoms with Gasteiger partial charge in [-0.1, -0.05) is 361 Å². The maximum Gasteiger partial charge on any atom is 0.220 e. The van der Waals surface area contributed by atoms with Gasteiger partial charge >= 0.3 is 0 Å². The van der Waals surface area contributed by atoms with Crippen LogP contribution in [-0.4, -0.2) is 34.9 Å². The molecule has 402 valence electrons. The Morgan fingerprint density at radius 1 is 0.299 bits per heavy atom. The summed E-state index contributed by atoms with van der Waals surface area (Å²) in [7, 11) is 0. The van der Waals surface area contributed by atoms with Gasteiger partial charge in [-0.15, -0.1) is 0 Å². The average molecular weight is 947 g/mol. The Balaban J connectivity index is 3.37. The maximum atomic E-state index is 12.5. The number of unbranched alkanes of at least 4 members (excludes halogenated alkanes) is 53. The van der Waals surface area contributed by atoms with Gasteiger partial charge in [0.05, 0.1) is 18.8 Å². The van der Waals surface area contributed by atoms with Gasteiger partial charge in [0.15, 0.2) is 0 Å². The monoisotopic (exact) mass is 946 g/mol. The predicted octanol–water partition coefficient (Wildman–Crippen LogP) is 21.1. The molecule has 0 aliphatic heterocycles. The zero-order valence-electron chi connectivity index (χ0n) is 46.5. The van der Waals surface area contributed by atoms with Gasteiger partial charge in [-0.3, -0.25) is 4.79 Å². The molecule has 0 radical (unpaired) electrons. The molecule has 3 N–H and O–H groups in total. The highest BCUT2D eigenvalue weighted by Crippen LogP contribution is 2.19. The second-order valence-electron chi connectivity index (χ2n) is 22.2. The van der Waals surface area contributed by atoms with E-state index in [1.54, 1.807) is 0 Å². The van der Waals surface area contributed by atoms with Crippen molar-refractivity contribution < 1.29 is 15.0 Å². The van der Waals surface area contributed by atoms with Gasteiger partial charge in [0.2, 0.25) is 5.91 Å². The van der Waals surface area contributed by atoms with Gasteiger partial charge in [-0.25, -0.2) is 0 Å². The van der Waals surface area contributed by atoms with Gasteiger partial charge in [0.25, 0.3) is 0 Å². The zero-order valence-corrected chi connectivity index (χ0v) is 46.5. The molecule has 2 atom stereocenters. The van der Waals surface area contributed by atoms with Crippen molar-refractivity contribution in [1.29, 1.82) is 0 Å². The Morgan fingerprint density at radius 3 is 0.672 bits per heavy atom. The minimum absolute atomic E-state index is 0.0204. The molecule has 0 saturated carbocycles. The van der Waals surface area contributed by atoms with E-state index < -0.39 is 12.1 Å². The molecule has 1 amide bonds. The Hall–Kier alpha value is -0.610. The molecule has 0 aromatic carbocycles. The highest BCUT2D eigenvalue weighted by Gasteiger charge is 2.20.